The number of carbonyl (C=O) groups excluding carboxylic acids is 2. The Morgan fingerprint density at radius 1 is 1.24 bits per heavy atom. The number of rotatable bonds is 3. The van der Waals surface area contributed by atoms with Crippen molar-refractivity contribution in [1.82, 2.24) is 20.2 Å². The first-order valence-corrected chi connectivity index (χ1v) is 8.72. The van der Waals surface area contributed by atoms with Gasteiger partial charge in [-0.3, -0.25) is 19.5 Å². The third kappa shape index (κ3) is 4.82. The molecule has 2 N–H and O–H groups in total. The van der Waals surface area contributed by atoms with E-state index in [4.69, 9.17) is 0 Å². The number of thioether (sulfide) groups is 1. The van der Waals surface area contributed by atoms with Crippen molar-refractivity contribution in [2.24, 2.45) is 7.05 Å². The Hall–Kier alpha value is -2.35. The number of amides is 3. The van der Waals surface area contributed by atoms with Gasteiger partial charge < -0.3 is 5.32 Å². The van der Waals surface area contributed by atoms with Crippen LogP contribution in [0.1, 0.15) is 27.7 Å². The molecule has 0 fully saturated rings. The molecule has 0 aliphatic rings. The van der Waals surface area contributed by atoms with Gasteiger partial charge in [-0.1, -0.05) is 23.9 Å². The maximum atomic E-state index is 12.4. The van der Waals surface area contributed by atoms with Crippen molar-refractivity contribution in [3.8, 4) is 0 Å². The molecule has 0 saturated heterocycles. The number of nitrogens with zero attached hydrogens (tertiary/aromatic N) is 2. The second kappa shape index (κ2) is 7.26. The molecule has 25 heavy (non-hydrogen) atoms. The molecule has 0 spiro atoms. The van der Waals surface area contributed by atoms with Crippen molar-refractivity contribution < 1.29 is 9.59 Å². The molecule has 0 aliphatic heterocycles. The monoisotopic (exact) mass is 362 g/mol. The average molecular weight is 362 g/mol. The molecule has 1 unspecified atom stereocenters. The maximum absolute atomic E-state index is 12.4. The lowest BCUT2D eigenvalue weighted by molar-refractivity contribution is -0.119. The van der Waals surface area contributed by atoms with Crippen LogP contribution in [0.25, 0.3) is 10.9 Å². The molecule has 1 atom stereocenters. The smallest absolute Gasteiger partial charge is 0.321 e. The SMILES string of the molecule is CC(Sc1nc2ccccc2c(=O)n1C)C(=O)NC(=O)NC(C)(C)C. The molecule has 3 amide bonds. The molecular formula is C17H22N4O3S. The Balaban J connectivity index is 2.15. The van der Waals surface area contributed by atoms with E-state index in [1.54, 1.807) is 38.2 Å². The van der Waals surface area contributed by atoms with E-state index in [0.717, 1.165) is 11.8 Å². The third-order valence-corrected chi connectivity index (χ3v) is 4.46. The summed E-state index contributed by atoms with van der Waals surface area (Å²) in [5.41, 5.74) is -0.0396. The molecular weight excluding hydrogens is 340 g/mol. The minimum Gasteiger partial charge on any atom is -0.333 e. The standard InChI is InChI=1S/C17H22N4O3S/c1-10(13(22)19-15(24)20-17(2,3)4)25-16-18-12-9-7-6-8-11(12)14(23)21(16)5/h6-10H,1-5H3,(H2,19,20,22,24). The number of nitrogens with one attached hydrogen (secondary N) is 2. The van der Waals surface area contributed by atoms with Crippen molar-refractivity contribution >= 4 is 34.6 Å². The van der Waals surface area contributed by atoms with Gasteiger partial charge in [-0.2, -0.15) is 0 Å². The summed E-state index contributed by atoms with van der Waals surface area (Å²) in [6, 6.07) is 6.50. The number of fused-ring (bicyclic) bond motifs is 1. The maximum Gasteiger partial charge on any atom is 0.321 e. The molecule has 7 nitrogen and oxygen atoms in total. The van der Waals surface area contributed by atoms with Gasteiger partial charge in [0.2, 0.25) is 5.91 Å². The lowest BCUT2D eigenvalue weighted by Crippen LogP contribution is -2.49. The number of benzene rings is 1. The molecule has 1 heterocycles. The van der Waals surface area contributed by atoms with Gasteiger partial charge >= 0.3 is 6.03 Å². The average Bonchev–Trinajstić information content (AvgIpc) is 2.50. The second-order valence-electron chi connectivity index (χ2n) is 6.73. The molecule has 1 aromatic heterocycles. The fourth-order valence-corrected chi connectivity index (χ4v) is 2.97. The van der Waals surface area contributed by atoms with Crippen LogP contribution in [0.15, 0.2) is 34.2 Å². The lowest BCUT2D eigenvalue weighted by atomic mass is 10.1. The van der Waals surface area contributed by atoms with Crippen molar-refractivity contribution in [1.29, 1.82) is 0 Å². The molecule has 0 aliphatic carbocycles. The van der Waals surface area contributed by atoms with Crippen LogP contribution in [0.2, 0.25) is 0 Å². The molecule has 1 aromatic carbocycles. The first-order valence-electron chi connectivity index (χ1n) is 7.84. The highest BCUT2D eigenvalue weighted by molar-refractivity contribution is 8.00. The van der Waals surface area contributed by atoms with Crippen molar-refractivity contribution in [2.45, 2.75) is 43.6 Å². The molecule has 8 heteroatoms. The first kappa shape index (κ1) is 19.0. The van der Waals surface area contributed by atoms with E-state index < -0.39 is 22.7 Å². The highest BCUT2D eigenvalue weighted by atomic mass is 32.2. The zero-order valence-corrected chi connectivity index (χ0v) is 15.7. The van der Waals surface area contributed by atoms with Crippen molar-refractivity contribution in [2.75, 3.05) is 0 Å². The van der Waals surface area contributed by atoms with E-state index in [1.807, 2.05) is 20.8 Å². The number of hydrogen-bond acceptors (Lipinski definition) is 5. The zero-order valence-electron chi connectivity index (χ0n) is 14.9. The molecule has 134 valence electrons. The summed E-state index contributed by atoms with van der Waals surface area (Å²) in [6.45, 7) is 7.13. The number of imide groups is 1. The van der Waals surface area contributed by atoms with E-state index in [9.17, 15) is 14.4 Å². The van der Waals surface area contributed by atoms with E-state index in [0.29, 0.717) is 16.1 Å². The van der Waals surface area contributed by atoms with Crippen molar-refractivity contribution in [3.63, 3.8) is 0 Å². The van der Waals surface area contributed by atoms with Crippen LogP contribution >= 0.6 is 11.8 Å². The highest BCUT2D eigenvalue weighted by Crippen LogP contribution is 2.21. The summed E-state index contributed by atoms with van der Waals surface area (Å²) in [5.74, 6) is -0.450. The van der Waals surface area contributed by atoms with Crippen LogP contribution in [0.3, 0.4) is 0 Å². The molecule has 2 aromatic rings. The lowest BCUT2D eigenvalue weighted by Gasteiger charge is -2.21. The van der Waals surface area contributed by atoms with E-state index in [-0.39, 0.29) is 5.56 Å². The fourth-order valence-electron chi connectivity index (χ4n) is 2.10. The van der Waals surface area contributed by atoms with Gasteiger partial charge in [-0.15, -0.1) is 0 Å². The summed E-state index contributed by atoms with van der Waals surface area (Å²) in [7, 11) is 1.61. The molecule has 0 radical (unpaired) electrons. The van der Waals surface area contributed by atoms with Gasteiger partial charge in [0.25, 0.3) is 5.56 Å². The predicted octanol–water partition coefficient (Wildman–Crippen LogP) is 2.04. The van der Waals surface area contributed by atoms with Crippen LogP contribution in [0.4, 0.5) is 4.79 Å². The Bertz CT molecular complexity index is 870. The van der Waals surface area contributed by atoms with Crippen LogP contribution in [0.5, 0.6) is 0 Å². The van der Waals surface area contributed by atoms with E-state index in [1.165, 1.54) is 4.57 Å². The van der Waals surface area contributed by atoms with Crippen LogP contribution < -0.4 is 16.2 Å². The van der Waals surface area contributed by atoms with E-state index in [2.05, 4.69) is 15.6 Å². The number of urea groups is 1. The Morgan fingerprint density at radius 3 is 2.52 bits per heavy atom. The number of carbonyl (C=O) groups is 2. The highest BCUT2D eigenvalue weighted by Gasteiger charge is 2.22. The molecule has 0 saturated carbocycles. The number of hydrogen-bond donors (Lipinski definition) is 2. The topological polar surface area (TPSA) is 93.1 Å². The predicted molar refractivity (Wildman–Crippen MR) is 98.7 cm³/mol. The zero-order chi connectivity index (χ0) is 18.8. The second-order valence-corrected chi connectivity index (χ2v) is 8.04. The van der Waals surface area contributed by atoms with Crippen LogP contribution in [0, 0.1) is 0 Å². The quantitative estimate of drug-likeness (QED) is 0.644. The minimum absolute atomic E-state index is 0.175. The van der Waals surface area contributed by atoms with Crippen molar-refractivity contribution in [3.05, 3.63) is 34.6 Å². The Labute approximate surface area is 150 Å². The normalized spacial score (nSPS) is 12.7. The summed E-state index contributed by atoms with van der Waals surface area (Å²) in [5, 5.41) is 5.32. The van der Waals surface area contributed by atoms with Crippen LogP contribution in [-0.2, 0) is 11.8 Å². The Kier molecular flexibility index (Phi) is 5.52. The fraction of sp³-hybridized carbons (Fsp3) is 0.412. The van der Waals surface area contributed by atoms with Gasteiger partial charge in [-0.25, -0.2) is 9.78 Å². The van der Waals surface area contributed by atoms with Gasteiger partial charge in [0.1, 0.15) is 0 Å². The summed E-state index contributed by atoms with van der Waals surface area (Å²) >= 11 is 1.13. The molecule has 0 bridgehead atoms. The first-order chi connectivity index (χ1) is 11.6. The minimum atomic E-state index is -0.593. The Morgan fingerprint density at radius 2 is 1.88 bits per heavy atom. The van der Waals surface area contributed by atoms with Gasteiger partial charge in [0, 0.05) is 12.6 Å². The third-order valence-electron chi connectivity index (χ3n) is 3.32. The van der Waals surface area contributed by atoms with E-state index >= 15 is 0 Å². The van der Waals surface area contributed by atoms with Gasteiger partial charge in [0.15, 0.2) is 5.16 Å². The number of para-hydroxylation sites is 1. The largest absolute Gasteiger partial charge is 0.333 e. The molecule has 2 rings (SSSR count). The van der Waals surface area contributed by atoms with Gasteiger partial charge in [0.05, 0.1) is 16.2 Å². The van der Waals surface area contributed by atoms with Crippen LogP contribution in [-0.4, -0.2) is 32.3 Å². The van der Waals surface area contributed by atoms with Gasteiger partial charge in [-0.05, 0) is 39.8 Å². The number of aromatic nitrogens is 2. The summed E-state index contributed by atoms with van der Waals surface area (Å²) < 4.78 is 1.41. The summed E-state index contributed by atoms with van der Waals surface area (Å²) in [4.78, 5) is 40.8. The summed E-state index contributed by atoms with van der Waals surface area (Å²) in [6.07, 6.45) is 0.